The van der Waals surface area contributed by atoms with Crippen molar-refractivity contribution in [3.63, 3.8) is 0 Å². The van der Waals surface area contributed by atoms with Crippen LogP contribution in [0.4, 0.5) is 13.2 Å². The average Bonchev–Trinajstić information content (AvgIpc) is 2.50. The van der Waals surface area contributed by atoms with Gasteiger partial charge in [0.2, 0.25) is 0 Å². The molecule has 5 nitrogen and oxygen atoms in total. The molecule has 1 heterocycles. The first-order valence-electron chi connectivity index (χ1n) is 3.57. The molecule has 8 heteroatoms. The normalized spacial score (nSPS) is 11.6. The molecule has 1 aromatic rings. The van der Waals surface area contributed by atoms with Gasteiger partial charge in [0.05, 0.1) is 19.3 Å². The summed E-state index contributed by atoms with van der Waals surface area (Å²) >= 11 is 0. The van der Waals surface area contributed by atoms with Gasteiger partial charge in [-0.25, -0.2) is 4.68 Å². The number of aldehydes is 1. The van der Waals surface area contributed by atoms with Crippen LogP contribution >= 0.6 is 0 Å². The van der Waals surface area contributed by atoms with Crippen LogP contribution in [0.15, 0.2) is 6.20 Å². The first-order valence-corrected chi connectivity index (χ1v) is 3.57. The van der Waals surface area contributed by atoms with Gasteiger partial charge in [-0.1, -0.05) is 5.21 Å². The van der Waals surface area contributed by atoms with Crippen molar-refractivity contribution in [2.75, 3.05) is 6.61 Å². The maximum absolute atomic E-state index is 11.5. The Balaban J connectivity index is 2.35. The summed E-state index contributed by atoms with van der Waals surface area (Å²) in [5.74, 6) is 0. The van der Waals surface area contributed by atoms with E-state index in [1.54, 1.807) is 0 Å². The van der Waals surface area contributed by atoms with Crippen LogP contribution in [0.2, 0.25) is 0 Å². The maximum Gasteiger partial charge on any atom is 0.522 e. The van der Waals surface area contributed by atoms with E-state index in [9.17, 15) is 18.0 Å². The van der Waals surface area contributed by atoms with Crippen LogP contribution in [-0.2, 0) is 11.3 Å². The van der Waals surface area contributed by atoms with Crippen molar-refractivity contribution in [2.45, 2.75) is 12.9 Å². The van der Waals surface area contributed by atoms with E-state index in [4.69, 9.17) is 0 Å². The number of carbonyl (C=O) groups excluding carboxylic acids is 1. The lowest BCUT2D eigenvalue weighted by molar-refractivity contribution is -0.325. The third-order valence-corrected chi connectivity index (χ3v) is 1.26. The Hall–Kier alpha value is -1.44. The Kier molecular flexibility index (Phi) is 3.18. The third-order valence-electron chi connectivity index (χ3n) is 1.26. The van der Waals surface area contributed by atoms with Gasteiger partial charge in [0.1, 0.15) is 5.69 Å². The molecule has 0 bridgehead atoms. The largest absolute Gasteiger partial charge is 0.522 e. The quantitative estimate of drug-likeness (QED) is 0.682. The molecule has 0 aliphatic rings. The van der Waals surface area contributed by atoms with Gasteiger partial charge in [-0.05, 0) is 0 Å². The molecule has 0 N–H and O–H groups in total. The van der Waals surface area contributed by atoms with Crippen molar-refractivity contribution >= 4 is 6.29 Å². The summed E-state index contributed by atoms with van der Waals surface area (Å²) in [6.45, 7) is -0.675. The molecule has 0 radical (unpaired) electrons. The summed E-state index contributed by atoms with van der Waals surface area (Å²) in [6, 6.07) is 0. The van der Waals surface area contributed by atoms with E-state index in [-0.39, 0.29) is 12.2 Å². The van der Waals surface area contributed by atoms with Gasteiger partial charge < -0.3 is 0 Å². The molecule has 1 aromatic heterocycles. The van der Waals surface area contributed by atoms with Crippen molar-refractivity contribution < 1.29 is 22.7 Å². The summed E-state index contributed by atoms with van der Waals surface area (Å²) < 4.78 is 39.1. The molecule has 0 aromatic carbocycles. The average molecular weight is 209 g/mol. The molecule has 1 rings (SSSR count). The Morgan fingerprint density at radius 3 is 2.79 bits per heavy atom. The number of nitrogens with zero attached hydrogens (tertiary/aromatic N) is 3. The van der Waals surface area contributed by atoms with E-state index in [1.807, 2.05) is 0 Å². The number of alkyl halides is 3. The lowest BCUT2D eigenvalue weighted by Crippen LogP contribution is -2.17. The number of carbonyl (C=O) groups is 1. The highest BCUT2D eigenvalue weighted by molar-refractivity contribution is 5.70. The molecule has 0 saturated carbocycles. The third kappa shape index (κ3) is 3.52. The zero-order valence-corrected chi connectivity index (χ0v) is 6.86. The number of hydrogen-bond donors (Lipinski definition) is 0. The van der Waals surface area contributed by atoms with Crippen molar-refractivity contribution in [1.82, 2.24) is 15.0 Å². The van der Waals surface area contributed by atoms with Gasteiger partial charge in [-0.15, -0.1) is 18.3 Å². The molecule has 0 aliphatic heterocycles. The molecule has 0 saturated heterocycles. The van der Waals surface area contributed by atoms with Crippen LogP contribution in [0.5, 0.6) is 0 Å². The van der Waals surface area contributed by atoms with E-state index in [0.29, 0.717) is 6.29 Å². The van der Waals surface area contributed by atoms with Gasteiger partial charge in [0, 0.05) is 0 Å². The summed E-state index contributed by atoms with van der Waals surface area (Å²) in [4.78, 5) is 10.1. The fourth-order valence-corrected chi connectivity index (χ4v) is 0.732. The van der Waals surface area contributed by atoms with Gasteiger partial charge in [-0.2, -0.15) is 0 Å². The summed E-state index contributed by atoms with van der Waals surface area (Å²) in [5.41, 5.74) is 0.0667. The van der Waals surface area contributed by atoms with Crippen LogP contribution in [0.3, 0.4) is 0 Å². The number of rotatable bonds is 4. The molecule has 0 amide bonds. The van der Waals surface area contributed by atoms with Crippen LogP contribution < -0.4 is 0 Å². The highest BCUT2D eigenvalue weighted by Crippen LogP contribution is 2.15. The number of hydrogen-bond acceptors (Lipinski definition) is 4. The molecule has 78 valence electrons. The Morgan fingerprint density at radius 2 is 2.29 bits per heavy atom. The Morgan fingerprint density at radius 1 is 1.57 bits per heavy atom. The Labute approximate surface area is 76.5 Å². The maximum atomic E-state index is 11.5. The van der Waals surface area contributed by atoms with E-state index >= 15 is 0 Å². The minimum absolute atomic E-state index is 0.0667. The standard InChI is InChI=1S/C6H6F3N3O2/c7-6(8,9)14-2-1-12-3-5(4-13)10-11-12/h3-4H,1-2H2. The van der Waals surface area contributed by atoms with E-state index in [0.717, 1.165) is 4.68 Å². The molecule has 0 aliphatic carbocycles. The Bertz CT molecular complexity index is 310. The predicted octanol–water partition coefficient (Wildman–Crippen LogP) is 0.627. The number of ether oxygens (including phenoxy) is 1. The van der Waals surface area contributed by atoms with Gasteiger partial charge in [0.15, 0.2) is 6.29 Å². The second-order valence-electron chi connectivity index (χ2n) is 2.32. The summed E-state index contributed by atoms with van der Waals surface area (Å²) in [6.07, 6.45) is -2.96. The summed E-state index contributed by atoms with van der Waals surface area (Å²) in [7, 11) is 0. The number of halogens is 3. The SMILES string of the molecule is O=Cc1cn(CCOC(F)(F)F)nn1. The molecular weight excluding hydrogens is 203 g/mol. The smallest absolute Gasteiger partial charge is 0.296 e. The van der Waals surface area contributed by atoms with E-state index in [2.05, 4.69) is 15.0 Å². The lowest BCUT2D eigenvalue weighted by Gasteiger charge is -2.06. The van der Waals surface area contributed by atoms with Crippen molar-refractivity contribution in [3.8, 4) is 0 Å². The molecule has 14 heavy (non-hydrogen) atoms. The summed E-state index contributed by atoms with van der Waals surface area (Å²) in [5, 5.41) is 6.75. The van der Waals surface area contributed by atoms with Crippen LogP contribution in [-0.4, -0.2) is 34.2 Å². The predicted molar refractivity (Wildman–Crippen MR) is 37.4 cm³/mol. The van der Waals surface area contributed by atoms with E-state index < -0.39 is 13.0 Å². The van der Waals surface area contributed by atoms with Gasteiger partial charge in [0.25, 0.3) is 0 Å². The van der Waals surface area contributed by atoms with Crippen LogP contribution in [0, 0.1) is 0 Å². The lowest BCUT2D eigenvalue weighted by atomic mass is 10.5. The molecule has 0 fully saturated rings. The second-order valence-corrected chi connectivity index (χ2v) is 2.32. The number of aromatic nitrogens is 3. The van der Waals surface area contributed by atoms with Gasteiger partial charge in [-0.3, -0.25) is 9.53 Å². The highest BCUT2D eigenvalue weighted by atomic mass is 19.4. The minimum atomic E-state index is -4.64. The first-order chi connectivity index (χ1) is 6.51. The molecule has 0 unspecified atom stereocenters. The molecule has 0 spiro atoms. The second kappa shape index (κ2) is 4.18. The molecule has 0 atom stereocenters. The zero-order valence-electron chi connectivity index (χ0n) is 6.86. The topological polar surface area (TPSA) is 57.0 Å². The van der Waals surface area contributed by atoms with Crippen LogP contribution in [0.25, 0.3) is 0 Å². The van der Waals surface area contributed by atoms with E-state index in [1.165, 1.54) is 6.20 Å². The first kappa shape index (κ1) is 10.6. The van der Waals surface area contributed by atoms with Crippen LogP contribution in [0.1, 0.15) is 10.5 Å². The highest BCUT2D eigenvalue weighted by Gasteiger charge is 2.28. The van der Waals surface area contributed by atoms with Gasteiger partial charge >= 0.3 is 6.36 Å². The zero-order chi connectivity index (χ0) is 10.6. The minimum Gasteiger partial charge on any atom is -0.296 e. The van der Waals surface area contributed by atoms with Crippen molar-refractivity contribution in [3.05, 3.63) is 11.9 Å². The van der Waals surface area contributed by atoms with Crippen molar-refractivity contribution in [1.29, 1.82) is 0 Å². The monoisotopic (exact) mass is 209 g/mol. The molecular formula is C6H6F3N3O2. The fraction of sp³-hybridized carbons (Fsp3) is 0.500. The van der Waals surface area contributed by atoms with Crippen molar-refractivity contribution in [2.24, 2.45) is 0 Å². The fourth-order valence-electron chi connectivity index (χ4n) is 0.732.